The number of methoxy groups -OCH3 is 5. The molecule has 1 aliphatic rings. The first-order valence-electron chi connectivity index (χ1n) is 12.3. The molecule has 0 unspecified atom stereocenters. The maximum absolute atomic E-state index is 5.62. The highest BCUT2D eigenvalue weighted by molar-refractivity contribution is 7.22. The molecule has 204 valence electrons. The predicted octanol–water partition coefficient (Wildman–Crippen LogP) is 5.60. The average Bonchev–Trinajstić information content (AvgIpc) is 3.65. The van der Waals surface area contributed by atoms with Gasteiger partial charge in [0.25, 0.3) is 0 Å². The van der Waals surface area contributed by atoms with Gasteiger partial charge >= 0.3 is 0 Å². The van der Waals surface area contributed by atoms with E-state index in [4.69, 9.17) is 33.8 Å². The molecule has 0 saturated carbocycles. The van der Waals surface area contributed by atoms with Crippen molar-refractivity contribution >= 4 is 49.0 Å². The Morgan fingerprint density at radius 1 is 0.725 bits per heavy atom. The van der Waals surface area contributed by atoms with E-state index < -0.39 is 0 Å². The van der Waals surface area contributed by atoms with Crippen molar-refractivity contribution in [2.45, 2.75) is 0 Å². The molecule has 0 fully saturated rings. The number of rotatable bonds is 8. The zero-order valence-corrected chi connectivity index (χ0v) is 23.4. The summed E-state index contributed by atoms with van der Waals surface area (Å²) in [6, 6.07) is 21.5. The third kappa shape index (κ3) is 4.30. The zero-order chi connectivity index (χ0) is 27.8. The molecule has 0 aliphatic carbocycles. The Morgan fingerprint density at radius 2 is 1.40 bits per heavy atom. The van der Waals surface area contributed by atoms with Gasteiger partial charge < -0.3 is 23.7 Å². The van der Waals surface area contributed by atoms with Crippen molar-refractivity contribution in [1.29, 1.82) is 0 Å². The first-order valence-corrected chi connectivity index (χ1v) is 13.2. The van der Waals surface area contributed by atoms with Gasteiger partial charge in [-0.2, -0.15) is 0 Å². The van der Waals surface area contributed by atoms with Crippen LogP contribution in [-0.4, -0.2) is 46.4 Å². The van der Waals surface area contributed by atoms with Crippen LogP contribution in [0.1, 0.15) is 5.56 Å². The summed E-state index contributed by atoms with van der Waals surface area (Å²) in [6.45, 7) is 0. The molecule has 0 radical (unpaired) electrons. The highest BCUT2D eigenvalue weighted by Gasteiger charge is 2.31. The number of hydrazone groups is 1. The monoisotopic (exact) mass is 557 g/mol. The highest BCUT2D eigenvalue weighted by atomic mass is 32.1. The van der Waals surface area contributed by atoms with E-state index in [0.29, 0.717) is 33.9 Å². The van der Waals surface area contributed by atoms with Crippen LogP contribution in [0.4, 0.5) is 10.8 Å². The van der Waals surface area contributed by atoms with Gasteiger partial charge in [-0.05, 0) is 47.9 Å². The Kier molecular flexibility index (Phi) is 6.56. The lowest BCUT2D eigenvalue weighted by Gasteiger charge is -2.26. The first kappa shape index (κ1) is 25.4. The summed E-state index contributed by atoms with van der Waals surface area (Å²) in [4.78, 5) is 5.05. The molecule has 4 aromatic carbocycles. The summed E-state index contributed by atoms with van der Waals surface area (Å²) in [6.07, 6.45) is 0. The summed E-state index contributed by atoms with van der Waals surface area (Å²) < 4.78 is 28.6. The summed E-state index contributed by atoms with van der Waals surface area (Å²) in [5, 5.41) is 11.2. The molecular weight excluding hydrogens is 530 g/mol. The minimum Gasteiger partial charge on any atom is -0.497 e. The Labute approximate surface area is 234 Å². The van der Waals surface area contributed by atoms with Gasteiger partial charge in [0.1, 0.15) is 11.5 Å². The van der Waals surface area contributed by atoms with Crippen LogP contribution in [0, 0.1) is 0 Å². The average molecular weight is 558 g/mol. The van der Waals surface area contributed by atoms with E-state index in [1.165, 1.54) is 0 Å². The maximum atomic E-state index is 5.62. The van der Waals surface area contributed by atoms with Gasteiger partial charge in [-0.3, -0.25) is 5.43 Å². The second-order valence-corrected chi connectivity index (χ2v) is 9.78. The minimum absolute atomic E-state index is 0.493. The molecule has 0 bridgehead atoms. The van der Waals surface area contributed by atoms with Gasteiger partial charge in [0.05, 0.1) is 51.5 Å². The molecule has 40 heavy (non-hydrogen) atoms. The quantitative estimate of drug-likeness (QED) is 0.262. The molecule has 0 amide bonds. The number of hydrogen-bond donors (Lipinski definition) is 1. The Bertz CT molecular complexity index is 1710. The number of nitrogens with one attached hydrogen (secondary N) is 1. The molecule has 11 heteroatoms. The number of amidine groups is 1. The van der Waals surface area contributed by atoms with Gasteiger partial charge in [-0.1, -0.05) is 23.5 Å². The molecule has 0 atom stereocenters. The molecule has 1 aromatic heterocycles. The number of nitrogens with zero attached hydrogens (tertiary/aromatic N) is 4. The SMILES string of the molecule is COc1ccc(C2=NN(c3cc(OC)c(OC)c(OC)c3)N(c3nc4c(ccc5ccc(OC)cc54)s3)N2)cc1. The van der Waals surface area contributed by atoms with Crippen molar-refractivity contribution in [2.75, 3.05) is 45.8 Å². The molecule has 10 nitrogen and oxygen atoms in total. The fourth-order valence-electron chi connectivity index (χ4n) is 4.56. The lowest BCUT2D eigenvalue weighted by Crippen LogP contribution is -2.44. The van der Waals surface area contributed by atoms with Gasteiger partial charge in [0, 0.05) is 23.1 Å². The number of ether oxygens (including phenoxy) is 5. The summed E-state index contributed by atoms with van der Waals surface area (Å²) in [5.41, 5.74) is 5.85. The van der Waals surface area contributed by atoms with E-state index in [1.54, 1.807) is 57.1 Å². The summed E-state index contributed by atoms with van der Waals surface area (Å²) >= 11 is 1.54. The van der Waals surface area contributed by atoms with E-state index in [-0.39, 0.29) is 0 Å². The fraction of sp³-hybridized carbons (Fsp3) is 0.172. The standard InChI is InChI=1S/C29H27N5O5S/c1-35-20-10-7-18(8-11-20)28-31-33(19-14-23(37-3)27(39-5)24(15-19)38-4)34(32-28)29-30-26-22-16-21(36-2)12-6-17(22)9-13-25(26)40-29/h6-16H,1-5H3,(H,31,32). The topological polar surface area (TPSA) is 89.9 Å². The van der Waals surface area contributed by atoms with E-state index in [1.807, 2.05) is 54.6 Å². The minimum atomic E-state index is 0.493. The molecule has 1 N–H and O–H groups in total. The van der Waals surface area contributed by atoms with Crippen LogP contribution in [-0.2, 0) is 0 Å². The van der Waals surface area contributed by atoms with E-state index >= 15 is 0 Å². The van der Waals surface area contributed by atoms with Gasteiger partial charge in [0.15, 0.2) is 17.3 Å². The van der Waals surface area contributed by atoms with Crippen LogP contribution in [0.25, 0.3) is 21.0 Å². The van der Waals surface area contributed by atoms with Crippen molar-refractivity contribution in [3.8, 4) is 28.7 Å². The van der Waals surface area contributed by atoms with Crippen molar-refractivity contribution < 1.29 is 23.7 Å². The van der Waals surface area contributed by atoms with Crippen molar-refractivity contribution in [2.24, 2.45) is 5.10 Å². The van der Waals surface area contributed by atoms with Gasteiger partial charge in [-0.25, -0.2) is 4.98 Å². The van der Waals surface area contributed by atoms with Gasteiger partial charge in [0.2, 0.25) is 10.9 Å². The van der Waals surface area contributed by atoms with Crippen LogP contribution in [0.15, 0.2) is 71.8 Å². The van der Waals surface area contributed by atoms with Crippen molar-refractivity contribution in [1.82, 2.24) is 10.4 Å². The summed E-state index contributed by atoms with van der Waals surface area (Å²) in [7, 11) is 8.04. The molecule has 6 rings (SSSR count). The Morgan fingerprint density at radius 3 is 2.05 bits per heavy atom. The van der Waals surface area contributed by atoms with E-state index in [9.17, 15) is 0 Å². The second-order valence-electron chi connectivity index (χ2n) is 8.77. The number of hydrogen-bond acceptors (Lipinski definition) is 11. The molecular formula is C29H27N5O5S. The predicted molar refractivity (Wildman–Crippen MR) is 157 cm³/mol. The first-order chi connectivity index (χ1) is 19.6. The van der Waals surface area contributed by atoms with E-state index in [2.05, 4.69) is 17.6 Å². The number of anilines is 2. The second kappa shape index (κ2) is 10.3. The zero-order valence-electron chi connectivity index (χ0n) is 22.6. The Balaban J connectivity index is 1.49. The molecule has 1 aliphatic heterocycles. The number of benzene rings is 4. The van der Waals surface area contributed by atoms with Crippen molar-refractivity contribution in [3.05, 3.63) is 72.3 Å². The van der Waals surface area contributed by atoms with Crippen LogP contribution in [0.3, 0.4) is 0 Å². The smallest absolute Gasteiger partial charge is 0.228 e. The number of thiazole rings is 1. The maximum Gasteiger partial charge on any atom is 0.228 e. The van der Waals surface area contributed by atoms with E-state index in [0.717, 1.165) is 38.1 Å². The van der Waals surface area contributed by atoms with Crippen LogP contribution >= 0.6 is 11.3 Å². The lowest BCUT2D eigenvalue weighted by atomic mass is 10.1. The fourth-order valence-corrected chi connectivity index (χ4v) is 5.49. The third-order valence-electron chi connectivity index (χ3n) is 6.59. The van der Waals surface area contributed by atoms with Crippen LogP contribution in [0.2, 0.25) is 0 Å². The largest absolute Gasteiger partial charge is 0.497 e. The molecule has 5 aromatic rings. The number of fused-ring (bicyclic) bond motifs is 3. The molecule has 2 heterocycles. The number of hydrazine groups is 2. The van der Waals surface area contributed by atoms with Crippen molar-refractivity contribution in [3.63, 3.8) is 0 Å². The number of aromatic nitrogens is 1. The van der Waals surface area contributed by atoms with Crippen LogP contribution < -0.4 is 39.3 Å². The highest BCUT2D eigenvalue weighted by Crippen LogP contribution is 2.43. The van der Waals surface area contributed by atoms with Crippen LogP contribution in [0.5, 0.6) is 28.7 Å². The molecule has 0 saturated heterocycles. The normalized spacial score (nSPS) is 12.9. The lowest BCUT2D eigenvalue weighted by molar-refractivity contribution is 0.324. The third-order valence-corrected chi connectivity index (χ3v) is 7.59. The molecule has 0 spiro atoms. The van der Waals surface area contributed by atoms with Gasteiger partial charge in [-0.15, -0.1) is 15.3 Å². The Hall–Kier alpha value is -4.90. The summed E-state index contributed by atoms with van der Waals surface area (Å²) in [5.74, 6) is 3.67.